The Morgan fingerprint density at radius 1 is 1.57 bits per heavy atom. The van der Waals surface area contributed by atoms with Crippen molar-refractivity contribution in [2.45, 2.75) is 18.6 Å². The van der Waals surface area contributed by atoms with Crippen molar-refractivity contribution >= 4 is 5.91 Å². The molecule has 0 spiro atoms. The van der Waals surface area contributed by atoms with Crippen molar-refractivity contribution in [2.75, 3.05) is 20.3 Å². The van der Waals surface area contributed by atoms with Gasteiger partial charge in [-0.1, -0.05) is 0 Å². The van der Waals surface area contributed by atoms with Gasteiger partial charge in [-0.05, 0) is 13.5 Å². The van der Waals surface area contributed by atoms with Crippen molar-refractivity contribution in [1.82, 2.24) is 5.32 Å². The molecule has 84 valence electrons. The van der Waals surface area contributed by atoms with Crippen LogP contribution in [0.1, 0.15) is 6.42 Å². The monoisotopic (exact) mass is 214 g/mol. The molecule has 14 heavy (non-hydrogen) atoms. The van der Waals surface area contributed by atoms with Gasteiger partial charge in [0.15, 0.2) is 0 Å². The molecule has 3 N–H and O–H groups in total. The highest BCUT2D eigenvalue weighted by molar-refractivity contribution is 5.79. The fourth-order valence-electron chi connectivity index (χ4n) is 0.818. The van der Waals surface area contributed by atoms with Gasteiger partial charge in [0, 0.05) is 6.61 Å². The van der Waals surface area contributed by atoms with E-state index in [1.807, 2.05) is 0 Å². The first-order valence-electron chi connectivity index (χ1n) is 3.98. The number of halogens is 3. The van der Waals surface area contributed by atoms with E-state index in [-0.39, 0.29) is 13.0 Å². The first kappa shape index (κ1) is 13.2. The van der Waals surface area contributed by atoms with Crippen LogP contribution in [0.25, 0.3) is 0 Å². The van der Waals surface area contributed by atoms with Crippen LogP contribution in [0.15, 0.2) is 0 Å². The Hall–Kier alpha value is -0.820. The zero-order valence-corrected chi connectivity index (χ0v) is 7.73. The van der Waals surface area contributed by atoms with E-state index in [0.29, 0.717) is 0 Å². The Balaban J connectivity index is 3.58. The predicted molar refractivity (Wildman–Crippen MR) is 43.5 cm³/mol. The van der Waals surface area contributed by atoms with Gasteiger partial charge < -0.3 is 15.8 Å². The molecular formula is C7H13F3N2O2. The summed E-state index contributed by atoms with van der Waals surface area (Å²) in [6.07, 6.45) is -4.20. The highest BCUT2D eigenvalue weighted by Gasteiger charge is 2.27. The Morgan fingerprint density at radius 3 is 2.50 bits per heavy atom. The largest absolute Gasteiger partial charge is 0.411 e. The van der Waals surface area contributed by atoms with Gasteiger partial charge in [-0.25, -0.2) is 0 Å². The summed E-state index contributed by atoms with van der Waals surface area (Å²) in [6, 6.07) is -0.650. The number of rotatable bonds is 6. The molecule has 0 fully saturated rings. The summed E-state index contributed by atoms with van der Waals surface area (Å²) in [7, 11) is 1.50. The first-order valence-corrected chi connectivity index (χ1v) is 3.98. The summed E-state index contributed by atoms with van der Waals surface area (Å²) in [4.78, 5) is 10.6. The molecule has 7 heteroatoms. The molecule has 0 aromatic heterocycles. The number of alkyl halides is 3. The van der Waals surface area contributed by atoms with Crippen molar-refractivity contribution < 1.29 is 22.7 Å². The standard InChI is InChI=1S/C7H13F3N2O2/c1-12-5(6(11)13)2-3-14-4-7(8,9)10/h5,12H,2-4H2,1H3,(H2,11,13). The normalized spacial score (nSPS) is 14.0. The fraction of sp³-hybridized carbons (Fsp3) is 0.857. The minimum atomic E-state index is -4.33. The second-order valence-electron chi connectivity index (χ2n) is 2.70. The van der Waals surface area contributed by atoms with Gasteiger partial charge in [-0.3, -0.25) is 4.79 Å². The van der Waals surface area contributed by atoms with Crippen LogP contribution in [0.5, 0.6) is 0 Å². The lowest BCUT2D eigenvalue weighted by Gasteiger charge is -2.12. The molecule has 0 aliphatic heterocycles. The molecular weight excluding hydrogens is 201 g/mol. The quantitative estimate of drug-likeness (QED) is 0.613. The second kappa shape index (κ2) is 5.82. The molecule has 0 heterocycles. The average molecular weight is 214 g/mol. The van der Waals surface area contributed by atoms with E-state index in [0.717, 1.165) is 0 Å². The topological polar surface area (TPSA) is 64.3 Å². The van der Waals surface area contributed by atoms with Crippen molar-refractivity contribution in [2.24, 2.45) is 5.73 Å². The molecule has 0 saturated carbocycles. The molecule has 4 nitrogen and oxygen atoms in total. The molecule has 0 saturated heterocycles. The predicted octanol–water partition coefficient (Wildman–Crippen LogP) is 0.0287. The van der Waals surface area contributed by atoms with Crippen LogP contribution in [-0.4, -0.2) is 38.4 Å². The van der Waals surface area contributed by atoms with Crippen molar-refractivity contribution in [3.8, 4) is 0 Å². The maximum absolute atomic E-state index is 11.6. The molecule has 0 aromatic rings. The molecule has 0 aliphatic carbocycles. The molecule has 0 rings (SSSR count). The number of carbonyl (C=O) groups is 1. The minimum Gasteiger partial charge on any atom is -0.372 e. The van der Waals surface area contributed by atoms with Gasteiger partial charge in [0.05, 0.1) is 6.04 Å². The summed E-state index contributed by atoms with van der Waals surface area (Å²) in [5, 5.41) is 2.56. The lowest BCUT2D eigenvalue weighted by molar-refractivity contribution is -0.174. The lowest BCUT2D eigenvalue weighted by atomic mass is 10.2. The van der Waals surface area contributed by atoms with Crippen LogP contribution in [0, 0.1) is 0 Å². The maximum atomic E-state index is 11.6. The Kier molecular flexibility index (Phi) is 5.47. The van der Waals surface area contributed by atoms with Gasteiger partial charge in [-0.15, -0.1) is 0 Å². The Bertz CT molecular complexity index is 184. The van der Waals surface area contributed by atoms with Crippen molar-refractivity contribution in [1.29, 1.82) is 0 Å². The van der Waals surface area contributed by atoms with Gasteiger partial charge in [0.2, 0.25) is 5.91 Å². The molecule has 1 unspecified atom stereocenters. The number of ether oxygens (including phenoxy) is 1. The van der Waals surface area contributed by atoms with Crippen molar-refractivity contribution in [3.05, 3.63) is 0 Å². The van der Waals surface area contributed by atoms with Gasteiger partial charge in [-0.2, -0.15) is 13.2 Å². The van der Waals surface area contributed by atoms with Crippen LogP contribution in [0.4, 0.5) is 13.2 Å². The second-order valence-corrected chi connectivity index (χ2v) is 2.70. The number of likely N-dealkylation sites (N-methyl/N-ethyl adjacent to an activating group) is 1. The van der Waals surface area contributed by atoms with Crippen LogP contribution in [0.2, 0.25) is 0 Å². The molecule has 1 amide bonds. The number of hydrogen-bond acceptors (Lipinski definition) is 3. The van der Waals surface area contributed by atoms with Crippen LogP contribution in [-0.2, 0) is 9.53 Å². The van der Waals surface area contributed by atoms with Gasteiger partial charge in [0.1, 0.15) is 6.61 Å². The van der Waals surface area contributed by atoms with E-state index in [1.54, 1.807) is 0 Å². The molecule has 0 aromatic carbocycles. The highest BCUT2D eigenvalue weighted by atomic mass is 19.4. The molecule has 0 bridgehead atoms. The first-order chi connectivity index (χ1) is 6.37. The third kappa shape index (κ3) is 6.67. The maximum Gasteiger partial charge on any atom is 0.411 e. The average Bonchev–Trinajstić information content (AvgIpc) is 2.01. The van der Waals surface area contributed by atoms with Crippen molar-refractivity contribution in [3.63, 3.8) is 0 Å². The smallest absolute Gasteiger partial charge is 0.372 e. The SMILES string of the molecule is CNC(CCOCC(F)(F)F)C(N)=O. The number of hydrogen-bond donors (Lipinski definition) is 2. The zero-order valence-electron chi connectivity index (χ0n) is 7.73. The minimum absolute atomic E-state index is 0.127. The van der Waals surface area contributed by atoms with Crippen LogP contribution < -0.4 is 11.1 Å². The molecule has 0 radical (unpaired) electrons. The number of primary amides is 1. The Morgan fingerprint density at radius 2 is 2.14 bits per heavy atom. The number of amides is 1. The van der Waals surface area contributed by atoms with E-state index in [4.69, 9.17) is 5.73 Å². The molecule has 1 atom stereocenters. The molecule has 0 aliphatic rings. The summed E-state index contributed by atoms with van der Waals surface area (Å²) < 4.78 is 39.1. The van der Waals surface area contributed by atoms with E-state index >= 15 is 0 Å². The lowest BCUT2D eigenvalue weighted by Crippen LogP contribution is -2.40. The van der Waals surface area contributed by atoms with Gasteiger partial charge >= 0.3 is 6.18 Å². The zero-order chi connectivity index (χ0) is 11.2. The third-order valence-electron chi connectivity index (χ3n) is 1.51. The summed E-state index contributed by atoms with van der Waals surface area (Å²) >= 11 is 0. The number of nitrogens with one attached hydrogen (secondary N) is 1. The summed E-state index contributed by atoms with van der Waals surface area (Å²) in [5.41, 5.74) is 4.94. The third-order valence-corrected chi connectivity index (χ3v) is 1.51. The van der Waals surface area contributed by atoms with Gasteiger partial charge in [0.25, 0.3) is 0 Å². The Labute approximate surface area is 79.6 Å². The van der Waals surface area contributed by atoms with E-state index in [9.17, 15) is 18.0 Å². The fourth-order valence-corrected chi connectivity index (χ4v) is 0.818. The number of carbonyl (C=O) groups excluding carboxylic acids is 1. The van der Waals surface area contributed by atoms with E-state index in [2.05, 4.69) is 10.1 Å². The summed E-state index contributed by atoms with van der Waals surface area (Å²) in [5.74, 6) is -0.608. The van der Waals surface area contributed by atoms with Crippen LogP contribution >= 0.6 is 0 Å². The highest BCUT2D eigenvalue weighted by Crippen LogP contribution is 2.14. The van der Waals surface area contributed by atoms with E-state index in [1.165, 1.54) is 7.05 Å². The van der Waals surface area contributed by atoms with E-state index < -0.39 is 24.7 Å². The number of nitrogens with two attached hydrogens (primary N) is 1. The van der Waals surface area contributed by atoms with Crippen LogP contribution in [0.3, 0.4) is 0 Å². The summed E-state index contributed by atoms with van der Waals surface area (Å²) in [6.45, 7) is -1.46.